The first-order chi connectivity index (χ1) is 11.3. The summed E-state index contributed by atoms with van der Waals surface area (Å²) in [7, 11) is -3.38. The number of sulfonamides is 1. The Balaban J connectivity index is 2.18. The summed E-state index contributed by atoms with van der Waals surface area (Å²) in [4.78, 5) is 3.37. The molecule has 2 aromatic rings. The van der Waals surface area contributed by atoms with E-state index in [0.29, 0.717) is 13.0 Å². The van der Waals surface area contributed by atoms with Gasteiger partial charge in [0.15, 0.2) is 0 Å². The van der Waals surface area contributed by atoms with Crippen LogP contribution in [0, 0.1) is 25.8 Å². The molecule has 128 valence electrons. The topological polar surface area (TPSA) is 53.2 Å². The maximum atomic E-state index is 12.0. The van der Waals surface area contributed by atoms with E-state index < -0.39 is 10.0 Å². The maximum Gasteiger partial charge on any atom is 0.238 e. The minimum atomic E-state index is -3.38. The van der Waals surface area contributed by atoms with Crippen molar-refractivity contribution in [1.29, 1.82) is 0 Å². The van der Waals surface area contributed by atoms with Crippen LogP contribution in [0.1, 0.15) is 35.0 Å². The summed E-state index contributed by atoms with van der Waals surface area (Å²) in [6, 6.07) is 12.2. The quantitative estimate of drug-likeness (QED) is 0.670. The number of nitrogens with one attached hydrogen (secondary N) is 1. The lowest BCUT2D eigenvalue weighted by molar-refractivity contribution is 0.517. The summed E-state index contributed by atoms with van der Waals surface area (Å²) in [6.45, 7) is 6.60. The predicted octanol–water partition coefficient (Wildman–Crippen LogP) is 3.01. The van der Waals surface area contributed by atoms with E-state index in [4.69, 9.17) is 0 Å². The van der Waals surface area contributed by atoms with Crippen molar-refractivity contribution < 1.29 is 8.42 Å². The van der Waals surface area contributed by atoms with E-state index in [-0.39, 0.29) is 0 Å². The highest BCUT2D eigenvalue weighted by atomic mass is 32.2. The van der Waals surface area contributed by atoms with E-state index in [1.807, 2.05) is 30.3 Å². The molecule has 24 heavy (non-hydrogen) atoms. The number of rotatable bonds is 5. The number of hydrogen-bond donors (Lipinski definition) is 1. The molecule has 1 N–H and O–H groups in total. The van der Waals surface area contributed by atoms with E-state index in [2.05, 4.69) is 37.7 Å². The van der Waals surface area contributed by atoms with Crippen molar-refractivity contribution in [3.05, 3.63) is 58.4 Å². The van der Waals surface area contributed by atoms with Gasteiger partial charge in [-0.3, -0.25) is 0 Å². The standard InChI is InChI=1S/C19H24N2O2S/c1-5-18-15(2)19(20-16(18)3)12-14-21(24(4,22)23)13-11-17-9-7-6-8-10-17/h6-10,20H,5,12,14H2,1-4H3. The summed E-state index contributed by atoms with van der Waals surface area (Å²) in [5.41, 5.74) is 5.57. The molecular formula is C19H24N2O2S. The molecule has 0 amide bonds. The van der Waals surface area contributed by atoms with Crippen LogP contribution in [0.4, 0.5) is 0 Å². The van der Waals surface area contributed by atoms with Gasteiger partial charge in [0.25, 0.3) is 0 Å². The van der Waals surface area contributed by atoms with Crippen LogP contribution in [0.25, 0.3) is 0 Å². The zero-order chi connectivity index (χ0) is 17.7. The average Bonchev–Trinajstić information content (AvgIpc) is 2.80. The second-order valence-electron chi connectivity index (χ2n) is 5.87. The monoisotopic (exact) mass is 344 g/mol. The molecule has 0 spiro atoms. The van der Waals surface area contributed by atoms with Crippen molar-refractivity contribution in [2.75, 3.05) is 12.8 Å². The Bertz CT molecular complexity index is 856. The van der Waals surface area contributed by atoms with Crippen LogP contribution >= 0.6 is 0 Å². The summed E-state index contributed by atoms with van der Waals surface area (Å²) < 4.78 is 25.2. The number of benzene rings is 1. The Labute approximate surface area is 145 Å². The fraction of sp³-hybridized carbons (Fsp3) is 0.368. The minimum absolute atomic E-state index is 0.336. The molecular weight excluding hydrogens is 320 g/mol. The van der Waals surface area contributed by atoms with Crippen LogP contribution in [0.2, 0.25) is 0 Å². The molecule has 0 bridgehead atoms. The van der Waals surface area contributed by atoms with Gasteiger partial charge in [-0.25, -0.2) is 12.7 Å². The summed E-state index contributed by atoms with van der Waals surface area (Å²) in [5, 5.41) is 0. The molecule has 0 fully saturated rings. The van der Waals surface area contributed by atoms with Gasteiger partial charge in [-0.2, -0.15) is 0 Å². The molecule has 0 aliphatic rings. The fourth-order valence-corrected chi connectivity index (χ4v) is 3.44. The highest BCUT2D eigenvalue weighted by molar-refractivity contribution is 7.88. The summed E-state index contributed by atoms with van der Waals surface area (Å²) in [5.74, 6) is 2.92. The highest BCUT2D eigenvalue weighted by Gasteiger charge is 2.15. The van der Waals surface area contributed by atoms with E-state index in [0.717, 1.165) is 23.4 Å². The largest absolute Gasteiger partial charge is 0.362 e. The van der Waals surface area contributed by atoms with Gasteiger partial charge in [0, 0.05) is 36.0 Å². The molecule has 0 aliphatic heterocycles. The Hall–Kier alpha value is -2.19. The van der Waals surface area contributed by atoms with Crippen molar-refractivity contribution >= 4 is 10.0 Å². The maximum absolute atomic E-state index is 12.0. The molecule has 4 nitrogen and oxygen atoms in total. The van der Waals surface area contributed by atoms with Crippen molar-refractivity contribution in [2.24, 2.45) is 0 Å². The van der Waals surface area contributed by atoms with Gasteiger partial charge < -0.3 is 4.98 Å². The molecule has 0 aliphatic carbocycles. The third kappa shape index (κ3) is 4.42. The van der Waals surface area contributed by atoms with Gasteiger partial charge in [-0.05, 0) is 49.4 Å². The average molecular weight is 344 g/mol. The highest BCUT2D eigenvalue weighted by Crippen LogP contribution is 2.19. The van der Waals surface area contributed by atoms with Crippen LogP contribution in [0.3, 0.4) is 0 Å². The molecule has 0 unspecified atom stereocenters. The zero-order valence-corrected chi connectivity index (χ0v) is 15.5. The van der Waals surface area contributed by atoms with E-state index >= 15 is 0 Å². The first-order valence-corrected chi connectivity index (χ1v) is 9.89. The van der Waals surface area contributed by atoms with Crippen molar-refractivity contribution in [3.8, 4) is 12.0 Å². The SMILES string of the molecule is CCc1c(C)[nH]c(CCN(C#Cc2ccccc2)S(C)(=O)=O)c1C. The lowest BCUT2D eigenvalue weighted by Crippen LogP contribution is -2.27. The van der Waals surface area contributed by atoms with Crippen molar-refractivity contribution in [2.45, 2.75) is 33.6 Å². The first-order valence-electron chi connectivity index (χ1n) is 8.04. The van der Waals surface area contributed by atoms with Crippen molar-refractivity contribution in [3.63, 3.8) is 0 Å². The molecule has 0 saturated carbocycles. The van der Waals surface area contributed by atoms with E-state index in [1.165, 1.54) is 21.7 Å². The van der Waals surface area contributed by atoms with E-state index in [1.54, 1.807) is 0 Å². The second-order valence-corrected chi connectivity index (χ2v) is 7.78. The van der Waals surface area contributed by atoms with E-state index in [9.17, 15) is 8.42 Å². The van der Waals surface area contributed by atoms with Gasteiger partial charge in [-0.1, -0.05) is 25.1 Å². The molecule has 5 heteroatoms. The molecule has 0 saturated heterocycles. The minimum Gasteiger partial charge on any atom is -0.362 e. The third-order valence-electron chi connectivity index (χ3n) is 4.11. The van der Waals surface area contributed by atoms with Gasteiger partial charge in [0.05, 0.1) is 6.26 Å². The lowest BCUT2D eigenvalue weighted by Gasteiger charge is -2.14. The number of aromatic nitrogens is 1. The molecule has 1 aromatic carbocycles. The number of hydrogen-bond acceptors (Lipinski definition) is 2. The van der Waals surface area contributed by atoms with Crippen LogP contribution in [-0.2, 0) is 22.9 Å². The predicted molar refractivity (Wildman–Crippen MR) is 98.2 cm³/mol. The number of nitrogens with zero attached hydrogens (tertiary/aromatic N) is 1. The molecule has 2 rings (SSSR count). The first kappa shape index (κ1) is 18.2. The van der Waals surface area contributed by atoms with Gasteiger partial charge in [-0.15, -0.1) is 0 Å². The van der Waals surface area contributed by atoms with Crippen LogP contribution in [-0.4, -0.2) is 30.5 Å². The molecule has 0 radical (unpaired) electrons. The normalized spacial score (nSPS) is 11.0. The Kier molecular flexibility index (Phi) is 5.74. The van der Waals surface area contributed by atoms with Crippen LogP contribution < -0.4 is 0 Å². The van der Waals surface area contributed by atoms with Crippen molar-refractivity contribution in [1.82, 2.24) is 9.29 Å². The molecule has 1 aromatic heterocycles. The van der Waals surface area contributed by atoms with Gasteiger partial charge >= 0.3 is 0 Å². The van der Waals surface area contributed by atoms with Crippen LogP contribution in [0.5, 0.6) is 0 Å². The summed E-state index contributed by atoms with van der Waals surface area (Å²) >= 11 is 0. The smallest absolute Gasteiger partial charge is 0.238 e. The van der Waals surface area contributed by atoms with Gasteiger partial charge in [0.1, 0.15) is 0 Å². The van der Waals surface area contributed by atoms with Gasteiger partial charge in [0.2, 0.25) is 10.0 Å². The third-order valence-corrected chi connectivity index (χ3v) is 5.19. The molecule has 0 atom stereocenters. The Morgan fingerprint density at radius 3 is 2.38 bits per heavy atom. The number of H-pyrrole nitrogens is 1. The second kappa shape index (κ2) is 7.59. The van der Waals surface area contributed by atoms with Crippen LogP contribution in [0.15, 0.2) is 30.3 Å². The zero-order valence-electron chi connectivity index (χ0n) is 14.7. The number of aromatic amines is 1. The Morgan fingerprint density at radius 2 is 1.83 bits per heavy atom. The Morgan fingerprint density at radius 1 is 1.17 bits per heavy atom. The fourth-order valence-electron chi connectivity index (χ4n) is 2.81. The lowest BCUT2D eigenvalue weighted by atomic mass is 10.1. The summed E-state index contributed by atoms with van der Waals surface area (Å²) in [6.07, 6.45) is 2.78. The molecule has 1 heterocycles. The number of aryl methyl sites for hydroxylation is 1.